The minimum absolute atomic E-state index is 0.0375. The maximum atomic E-state index is 14.0. The molecule has 14 heteroatoms. The molecule has 0 saturated carbocycles. The van der Waals surface area contributed by atoms with Gasteiger partial charge in [-0.25, -0.2) is 29.3 Å². The zero-order chi connectivity index (χ0) is 26.5. The molecule has 6 N–H and O–H groups in total. The monoisotopic (exact) mass is 505 g/mol. The van der Waals surface area contributed by atoms with Crippen LogP contribution in [-0.2, 0) is 6.18 Å². The second-order valence-corrected chi connectivity index (χ2v) is 7.36. The smallest absolute Gasteiger partial charge is 0.382 e. The Morgan fingerprint density at radius 3 is 2.47 bits per heavy atom. The highest BCUT2D eigenvalue weighted by Crippen LogP contribution is 2.34. The number of rotatable bonds is 9. The highest BCUT2D eigenvalue weighted by Gasteiger charge is 2.34. The van der Waals surface area contributed by atoms with Gasteiger partial charge in [0.2, 0.25) is 5.82 Å². The number of aliphatic imine (C=N–C) groups is 1. The summed E-state index contributed by atoms with van der Waals surface area (Å²) in [6.07, 6.45) is -0.373. The lowest BCUT2D eigenvalue weighted by molar-refractivity contribution is -0.144. The number of aromatic nitrogens is 3. The van der Waals surface area contributed by atoms with Gasteiger partial charge in [-0.05, 0) is 24.6 Å². The van der Waals surface area contributed by atoms with Gasteiger partial charge in [0, 0.05) is 47.4 Å². The number of nitrogens with one attached hydrogen (secondary N) is 4. The summed E-state index contributed by atoms with van der Waals surface area (Å²) in [5, 5.41) is 13.3. The van der Waals surface area contributed by atoms with E-state index < -0.39 is 29.6 Å². The van der Waals surface area contributed by atoms with Crippen molar-refractivity contribution in [2.75, 3.05) is 5.32 Å². The fraction of sp³-hybridized carbons (Fsp3) is 0.182. The molecule has 188 valence electrons. The van der Waals surface area contributed by atoms with Crippen molar-refractivity contribution in [3.63, 3.8) is 0 Å². The van der Waals surface area contributed by atoms with E-state index in [1.165, 1.54) is 12.3 Å². The third kappa shape index (κ3) is 5.76. The van der Waals surface area contributed by atoms with E-state index in [1.54, 1.807) is 13.0 Å². The van der Waals surface area contributed by atoms with Gasteiger partial charge in [-0.15, -0.1) is 0 Å². The Hall–Kier alpha value is -4.49. The van der Waals surface area contributed by atoms with Crippen LogP contribution in [0, 0.1) is 22.6 Å². The van der Waals surface area contributed by atoms with Crippen LogP contribution in [-0.4, -0.2) is 27.1 Å². The number of amidine groups is 1. The minimum Gasteiger partial charge on any atom is -0.382 e. The molecule has 0 aliphatic heterocycles. The van der Waals surface area contributed by atoms with Crippen LogP contribution in [0.2, 0.25) is 0 Å². The predicted molar refractivity (Wildman–Crippen MR) is 123 cm³/mol. The molecule has 0 radical (unpaired) electrons. The zero-order valence-corrected chi connectivity index (χ0v) is 18.7. The molecule has 2 aromatic heterocycles. The topological polar surface area (TPSA) is 152 Å². The number of anilines is 1. The molecular weight excluding hydrogens is 485 g/mol. The molecule has 0 spiro atoms. The molecule has 0 bridgehead atoms. The van der Waals surface area contributed by atoms with E-state index in [9.17, 15) is 22.0 Å². The Bertz CT molecular complexity index is 1310. The summed E-state index contributed by atoms with van der Waals surface area (Å²) in [6.45, 7) is 1.79. The standard InChI is InChI=1S/C22H20F5N9/c1-2-13(18(36-30)9-31-16-4-3-12(23)5-15(16)24)17-6-14(19(35-17)20(29)34-10-28)11-7-32-21(33-8-11)22(25,26)27/h3-10,13,30-31,35H,2H2,1H3,(H3,28,29,34)/b18-9-,36-30?. The molecule has 9 nitrogen and oxygen atoms in total. The summed E-state index contributed by atoms with van der Waals surface area (Å²) in [4.78, 5) is 13.5. The van der Waals surface area contributed by atoms with E-state index in [4.69, 9.17) is 16.7 Å². The molecule has 0 aliphatic rings. The van der Waals surface area contributed by atoms with Crippen molar-refractivity contribution in [3.05, 3.63) is 77.4 Å². The van der Waals surface area contributed by atoms with E-state index in [2.05, 4.69) is 30.4 Å². The molecule has 1 aromatic carbocycles. The quantitative estimate of drug-likeness (QED) is 0.112. The van der Waals surface area contributed by atoms with Crippen molar-refractivity contribution in [3.8, 4) is 11.1 Å². The number of allylic oxidation sites excluding steroid dienone is 1. The maximum Gasteiger partial charge on any atom is 0.451 e. The number of aromatic amines is 1. The summed E-state index contributed by atoms with van der Waals surface area (Å²) in [5.41, 5.74) is 14.8. The van der Waals surface area contributed by atoms with Gasteiger partial charge in [0.25, 0.3) is 0 Å². The van der Waals surface area contributed by atoms with Gasteiger partial charge < -0.3 is 16.0 Å². The average Bonchev–Trinajstić information content (AvgIpc) is 3.27. The molecule has 0 amide bonds. The van der Waals surface area contributed by atoms with Crippen LogP contribution in [0.4, 0.5) is 27.6 Å². The van der Waals surface area contributed by atoms with Crippen LogP contribution in [0.15, 0.2) is 58.7 Å². The SMILES string of the molecule is CCC(/C(=C/Nc1ccc(F)cc1F)N=N)c1cc(-c2cnc(C(F)(F)F)nc2)c(/C(N)=N\C=N)[nH]1. The molecule has 1 atom stereocenters. The number of nitrogens with zero attached hydrogens (tertiary/aromatic N) is 4. The Kier molecular flexibility index (Phi) is 7.86. The fourth-order valence-corrected chi connectivity index (χ4v) is 3.40. The Morgan fingerprint density at radius 2 is 1.92 bits per heavy atom. The van der Waals surface area contributed by atoms with Gasteiger partial charge in [0.05, 0.1) is 17.1 Å². The minimum atomic E-state index is -4.72. The largest absolute Gasteiger partial charge is 0.451 e. The van der Waals surface area contributed by atoms with Gasteiger partial charge >= 0.3 is 6.18 Å². The van der Waals surface area contributed by atoms with E-state index in [1.807, 2.05) is 0 Å². The first kappa shape index (κ1) is 26.1. The number of benzene rings is 1. The van der Waals surface area contributed by atoms with Crippen molar-refractivity contribution in [1.29, 1.82) is 10.9 Å². The van der Waals surface area contributed by atoms with Gasteiger partial charge in [-0.2, -0.15) is 18.3 Å². The van der Waals surface area contributed by atoms with E-state index in [0.717, 1.165) is 18.5 Å². The summed E-state index contributed by atoms with van der Waals surface area (Å²) < 4.78 is 65.8. The molecule has 1 unspecified atom stereocenters. The number of nitrogens with two attached hydrogens (primary N) is 1. The van der Waals surface area contributed by atoms with Crippen LogP contribution < -0.4 is 11.1 Å². The first-order chi connectivity index (χ1) is 17.1. The first-order valence-electron chi connectivity index (χ1n) is 10.3. The fourth-order valence-electron chi connectivity index (χ4n) is 3.40. The number of alkyl halides is 3. The summed E-state index contributed by atoms with van der Waals surface area (Å²) in [6, 6.07) is 4.52. The van der Waals surface area contributed by atoms with Crippen molar-refractivity contribution in [2.24, 2.45) is 15.8 Å². The Labute approximate surface area is 201 Å². The van der Waals surface area contributed by atoms with Gasteiger partial charge in [-0.1, -0.05) is 6.92 Å². The third-order valence-corrected chi connectivity index (χ3v) is 5.09. The van der Waals surface area contributed by atoms with Crippen LogP contribution >= 0.6 is 0 Å². The zero-order valence-electron chi connectivity index (χ0n) is 18.7. The Balaban J connectivity index is 2.04. The van der Waals surface area contributed by atoms with Crippen molar-refractivity contribution >= 4 is 17.9 Å². The molecule has 0 aliphatic carbocycles. The van der Waals surface area contributed by atoms with E-state index >= 15 is 0 Å². The predicted octanol–water partition coefficient (Wildman–Crippen LogP) is 5.56. The van der Waals surface area contributed by atoms with Crippen LogP contribution in [0.1, 0.15) is 36.5 Å². The third-order valence-electron chi connectivity index (χ3n) is 5.09. The van der Waals surface area contributed by atoms with Gasteiger partial charge in [0.15, 0.2) is 0 Å². The van der Waals surface area contributed by atoms with E-state index in [-0.39, 0.29) is 28.5 Å². The molecule has 0 fully saturated rings. The van der Waals surface area contributed by atoms with Crippen LogP contribution in [0.25, 0.3) is 11.1 Å². The lowest BCUT2D eigenvalue weighted by Crippen LogP contribution is -2.16. The summed E-state index contributed by atoms with van der Waals surface area (Å²) in [7, 11) is 0. The molecule has 36 heavy (non-hydrogen) atoms. The lowest BCUT2D eigenvalue weighted by atomic mass is 9.98. The highest BCUT2D eigenvalue weighted by molar-refractivity contribution is 6.04. The highest BCUT2D eigenvalue weighted by atomic mass is 19.4. The van der Waals surface area contributed by atoms with Crippen molar-refractivity contribution in [1.82, 2.24) is 15.0 Å². The van der Waals surface area contributed by atoms with E-state index in [0.29, 0.717) is 30.1 Å². The number of hydrogen-bond donors (Lipinski definition) is 5. The molecular formula is C22H20F5N9. The molecule has 0 saturated heterocycles. The van der Waals surface area contributed by atoms with Crippen molar-refractivity contribution in [2.45, 2.75) is 25.4 Å². The second-order valence-electron chi connectivity index (χ2n) is 7.36. The van der Waals surface area contributed by atoms with Gasteiger partial charge in [-0.3, -0.25) is 5.41 Å². The van der Waals surface area contributed by atoms with Gasteiger partial charge in [0.1, 0.15) is 23.8 Å². The average molecular weight is 505 g/mol. The van der Waals surface area contributed by atoms with Crippen molar-refractivity contribution < 1.29 is 22.0 Å². The molecule has 3 rings (SSSR count). The van der Waals surface area contributed by atoms with Crippen LogP contribution in [0.5, 0.6) is 0 Å². The number of hydrogen-bond acceptors (Lipinski definition) is 6. The molecule has 2 heterocycles. The molecule has 3 aromatic rings. The summed E-state index contributed by atoms with van der Waals surface area (Å²) >= 11 is 0. The first-order valence-corrected chi connectivity index (χ1v) is 10.3. The number of H-pyrrole nitrogens is 1. The Morgan fingerprint density at radius 1 is 1.22 bits per heavy atom. The maximum absolute atomic E-state index is 14.0. The van der Waals surface area contributed by atoms with Crippen LogP contribution in [0.3, 0.4) is 0 Å². The number of halogens is 5. The normalized spacial score (nSPS) is 13.4. The summed E-state index contributed by atoms with van der Waals surface area (Å²) in [5.74, 6) is -3.60. The lowest BCUT2D eigenvalue weighted by Gasteiger charge is -2.14. The second kappa shape index (κ2) is 10.8.